The molecule has 1 amide bonds. The van der Waals surface area contributed by atoms with Crippen LogP contribution in [0.2, 0.25) is 0 Å². The standard InChI is InChI=1S/C16H21N3O/c17-14-4-1-3-13(11-14)6-7-16(20)19-10-9-18-8-2-5-15(18)12-19/h1,3-4,6-7,11,15H,2,5,8-10,12,17H2/b7-6+. The van der Waals surface area contributed by atoms with E-state index in [-0.39, 0.29) is 5.91 Å². The van der Waals surface area contributed by atoms with Gasteiger partial charge in [-0.25, -0.2) is 0 Å². The fourth-order valence-corrected chi connectivity index (χ4v) is 3.13. The van der Waals surface area contributed by atoms with Crippen LogP contribution in [0.1, 0.15) is 18.4 Å². The summed E-state index contributed by atoms with van der Waals surface area (Å²) in [6.07, 6.45) is 6.01. The second kappa shape index (κ2) is 5.67. The van der Waals surface area contributed by atoms with E-state index < -0.39 is 0 Å². The first kappa shape index (κ1) is 13.2. The minimum atomic E-state index is 0.110. The quantitative estimate of drug-likeness (QED) is 0.656. The summed E-state index contributed by atoms with van der Waals surface area (Å²) in [5.74, 6) is 0.110. The van der Waals surface area contributed by atoms with Crippen LogP contribution in [0.15, 0.2) is 30.3 Å². The van der Waals surface area contributed by atoms with Crippen molar-refractivity contribution in [1.82, 2.24) is 9.80 Å². The molecule has 0 saturated carbocycles. The van der Waals surface area contributed by atoms with Crippen LogP contribution in [0.25, 0.3) is 6.08 Å². The maximum Gasteiger partial charge on any atom is 0.246 e. The summed E-state index contributed by atoms with van der Waals surface area (Å²) in [6, 6.07) is 8.15. The lowest BCUT2D eigenvalue weighted by atomic mass is 10.1. The zero-order valence-corrected chi connectivity index (χ0v) is 11.7. The number of anilines is 1. The van der Waals surface area contributed by atoms with Crippen LogP contribution in [0.5, 0.6) is 0 Å². The molecule has 2 aliphatic rings. The van der Waals surface area contributed by atoms with Crippen molar-refractivity contribution in [3.63, 3.8) is 0 Å². The van der Waals surface area contributed by atoms with Gasteiger partial charge >= 0.3 is 0 Å². The SMILES string of the molecule is Nc1cccc(/C=C/C(=O)N2CCN3CCCC3C2)c1. The Kier molecular flexibility index (Phi) is 3.74. The minimum absolute atomic E-state index is 0.110. The molecule has 20 heavy (non-hydrogen) atoms. The number of benzene rings is 1. The van der Waals surface area contributed by atoms with Gasteiger partial charge in [0.05, 0.1) is 0 Å². The molecule has 1 aromatic rings. The van der Waals surface area contributed by atoms with Gasteiger partial charge in [-0.15, -0.1) is 0 Å². The molecule has 0 bridgehead atoms. The van der Waals surface area contributed by atoms with E-state index in [4.69, 9.17) is 5.73 Å². The lowest BCUT2D eigenvalue weighted by molar-refractivity contribution is -0.128. The number of carbonyl (C=O) groups excluding carboxylic acids is 1. The summed E-state index contributed by atoms with van der Waals surface area (Å²) in [5, 5.41) is 0. The third kappa shape index (κ3) is 2.85. The molecule has 2 fully saturated rings. The second-order valence-electron chi connectivity index (χ2n) is 5.62. The summed E-state index contributed by atoms with van der Waals surface area (Å²) in [7, 11) is 0. The van der Waals surface area contributed by atoms with Crippen molar-refractivity contribution in [2.24, 2.45) is 0 Å². The Morgan fingerprint density at radius 1 is 1.30 bits per heavy atom. The Hall–Kier alpha value is -1.81. The van der Waals surface area contributed by atoms with Crippen molar-refractivity contribution in [2.75, 3.05) is 31.9 Å². The largest absolute Gasteiger partial charge is 0.399 e. The maximum atomic E-state index is 12.2. The summed E-state index contributed by atoms with van der Waals surface area (Å²) < 4.78 is 0. The summed E-state index contributed by atoms with van der Waals surface area (Å²) >= 11 is 0. The highest BCUT2D eigenvalue weighted by atomic mass is 16.2. The van der Waals surface area contributed by atoms with Crippen LogP contribution in [-0.4, -0.2) is 47.9 Å². The Bertz CT molecular complexity index is 526. The first-order valence-corrected chi connectivity index (χ1v) is 7.29. The van der Waals surface area contributed by atoms with Gasteiger partial charge in [0, 0.05) is 37.4 Å². The molecule has 2 aliphatic heterocycles. The van der Waals surface area contributed by atoms with Crippen molar-refractivity contribution in [2.45, 2.75) is 18.9 Å². The van der Waals surface area contributed by atoms with E-state index in [1.165, 1.54) is 19.4 Å². The van der Waals surface area contributed by atoms with Gasteiger partial charge in [-0.05, 0) is 43.2 Å². The molecule has 0 aromatic heterocycles. The van der Waals surface area contributed by atoms with Gasteiger partial charge in [-0.1, -0.05) is 12.1 Å². The number of hydrogen-bond acceptors (Lipinski definition) is 3. The van der Waals surface area contributed by atoms with E-state index in [0.717, 1.165) is 30.9 Å². The van der Waals surface area contributed by atoms with Crippen molar-refractivity contribution >= 4 is 17.7 Å². The summed E-state index contributed by atoms with van der Waals surface area (Å²) in [5.41, 5.74) is 7.42. The number of rotatable bonds is 2. The smallest absolute Gasteiger partial charge is 0.246 e. The number of nitrogen functional groups attached to an aromatic ring is 1. The predicted molar refractivity (Wildman–Crippen MR) is 81.1 cm³/mol. The van der Waals surface area contributed by atoms with Crippen LogP contribution >= 0.6 is 0 Å². The van der Waals surface area contributed by atoms with Crippen molar-refractivity contribution in [3.05, 3.63) is 35.9 Å². The third-order valence-corrected chi connectivity index (χ3v) is 4.23. The molecule has 4 nitrogen and oxygen atoms in total. The topological polar surface area (TPSA) is 49.6 Å². The molecular weight excluding hydrogens is 250 g/mol. The zero-order valence-electron chi connectivity index (χ0n) is 11.7. The van der Waals surface area contributed by atoms with Gasteiger partial charge in [-0.2, -0.15) is 0 Å². The fourth-order valence-electron chi connectivity index (χ4n) is 3.13. The highest BCUT2D eigenvalue weighted by Gasteiger charge is 2.31. The van der Waals surface area contributed by atoms with Crippen LogP contribution in [0.4, 0.5) is 5.69 Å². The van der Waals surface area contributed by atoms with Gasteiger partial charge in [0.15, 0.2) is 0 Å². The summed E-state index contributed by atoms with van der Waals surface area (Å²) in [6.45, 7) is 3.94. The third-order valence-electron chi connectivity index (χ3n) is 4.23. The predicted octanol–water partition coefficient (Wildman–Crippen LogP) is 1.59. The van der Waals surface area contributed by atoms with E-state index in [1.807, 2.05) is 35.2 Å². The lowest BCUT2D eigenvalue weighted by Gasteiger charge is -2.37. The lowest BCUT2D eigenvalue weighted by Crippen LogP contribution is -2.51. The van der Waals surface area contributed by atoms with Crippen LogP contribution < -0.4 is 5.73 Å². The molecule has 1 atom stereocenters. The van der Waals surface area contributed by atoms with Gasteiger partial charge in [0.25, 0.3) is 0 Å². The van der Waals surface area contributed by atoms with E-state index in [1.54, 1.807) is 6.08 Å². The van der Waals surface area contributed by atoms with E-state index in [0.29, 0.717) is 6.04 Å². The van der Waals surface area contributed by atoms with Crippen LogP contribution in [-0.2, 0) is 4.79 Å². The average molecular weight is 271 g/mol. The van der Waals surface area contributed by atoms with Crippen molar-refractivity contribution in [3.8, 4) is 0 Å². The van der Waals surface area contributed by atoms with Crippen molar-refractivity contribution in [1.29, 1.82) is 0 Å². The van der Waals surface area contributed by atoms with Gasteiger partial charge in [0.2, 0.25) is 5.91 Å². The minimum Gasteiger partial charge on any atom is -0.399 e. The normalized spacial score (nSPS) is 23.2. The molecule has 0 spiro atoms. The summed E-state index contributed by atoms with van der Waals surface area (Å²) in [4.78, 5) is 16.7. The Balaban J connectivity index is 1.61. The number of carbonyl (C=O) groups is 1. The molecule has 106 valence electrons. The average Bonchev–Trinajstić information content (AvgIpc) is 2.92. The molecule has 2 heterocycles. The molecule has 4 heteroatoms. The number of nitrogens with zero attached hydrogens (tertiary/aromatic N) is 2. The van der Waals surface area contributed by atoms with E-state index >= 15 is 0 Å². The first-order chi connectivity index (χ1) is 9.72. The molecular formula is C16H21N3O. The van der Waals surface area contributed by atoms with Gasteiger partial charge < -0.3 is 10.6 Å². The highest BCUT2D eigenvalue weighted by molar-refractivity contribution is 5.92. The molecule has 2 saturated heterocycles. The molecule has 0 aliphatic carbocycles. The maximum absolute atomic E-state index is 12.2. The molecule has 1 unspecified atom stereocenters. The second-order valence-corrected chi connectivity index (χ2v) is 5.62. The molecule has 3 rings (SSSR count). The highest BCUT2D eigenvalue weighted by Crippen LogP contribution is 2.21. The Morgan fingerprint density at radius 3 is 3.05 bits per heavy atom. The Labute approximate surface area is 119 Å². The zero-order chi connectivity index (χ0) is 13.9. The van der Waals surface area contributed by atoms with Crippen LogP contribution in [0, 0.1) is 0 Å². The van der Waals surface area contributed by atoms with Crippen molar-refractivity contribution < 1.29 is 4.79 Å². The monoisotopic (exact) mass is 271 g/mol. The molecule has 2 N–H and O–H groups in total. The number of piperazine rings is 1. The van der Waals surface area contributed by atoms with E-state index in [2.05, 4.69) is 4.90 Å². The Morgan fingerprint density at radius 2 is 2.20 bits per heavy atom. The molecule has 0 radical (unpaired) electrons. The molecule has 1 aromatic carbocycles. The number of hydrogen-bond donors (Lipinski definition) is 1. The number of nitrogens with two attached hydrogens (primary N) is 1. The number of fused-ring (bicyclic) bond motifs is 1. The fraction of sp³-hybridized carbons (Fsp3) is 0.438. The van der Waals surface area contributed by atoms with E-state index in [9.17, 15) is 4.79 Å². The number of amides is 1. The van der Waals surface area contributed by atoms with Gasteiger partial charge in [0.1, 0.15) is 0 Å². The van der Waals surface area contributed by atoms with Crippen LogP contribution in [0.3, 0.4) is 0 Å². The first-order valence-electron chi connectivity index (χ1n) is 7.29. The van der Waals surface area contributed by atoms with Gasteiger partial charge in [-0.3, -0.25) is 9.69 Å².